The number of allylic oxidation sites excluding steroid dienone is 1. The van der Waals surface area contributed by atoms with Crippen LogP contribution < -0.4 is 16.2 Å². The molecule has 3 heterocycles. The van der Waals surface area contributed by atoms with Crippen LogP contribution in [0.2, 0.25) is 0 Å². The number of aliphatic imine (C=N–C) groups is 2. The van der Waals surface area contributed by atoms with E-state index in [0.717, 1.165) is 35.2 Å². The Morgan fingerprint density at radius 3 is 2.62 bits per heavy atom. The Bertz CT molecular complexity index is 883. The molecule has 0 bridgehead atoms. The van der Waals surface area contributed by atoms with Crippen LogP contribution in [0.4, 0.5) is 23.1 Å². The zero-order valence-corrected chi connectivity index (χ0v) is 15.3. The molecule has 7 nitrogen and oxygen atoms in total. The molecule has 7 heteroatoms. The number of nitrogens with two attached hydrogens (primary N) is 1. The minimum absolute atomic E-state index is 0.527. The van der Waals surface area contributed by atoms with Gasteiger partial charge in [-0.25, -0.2) is 15.0 Å². The summed E-state index contributed by atoms with van der Waals surface area (Å²) in [6.07, 6.45) is 4.89. The first-order chi connectivity index (χ1) is 12.6. The van der Waals surface area contributed by atoms with Crippen LogP contribution in [-0.2, 0) is 0 Å². The average Bonchev–Trinajstić information content (AvgIpc) is 2.68. The number of nitrogen functional groups attached to an aromatic ring is 1. The first-order valence-corrected chi connectivity index (χ1v) is 8.54. The maximum Gasteiger partial charge on any atom is 0.179 e. The molecule has 0 fully saturated rings. The molecule has 0 spiro atoms. The van der Waals surface area contributed by atoms with E-state index in [0.29, 0.717) is 18.1 Å². The third kappa shape index (κ3) is 3.94. The van der Waals surface area contributed by atoms with Crippen LogP contribution >= 0.6 is 0 Å². The molecule has 0 amide bonds. The van der Waals surface area contributed by atoms with Gasteiger partial charge in [0, 0.05) is 18.5 Å². The van der Waals surface area contributed by atoms with E-state index in [1.807, 2.05) is 61.4 Å². The Kier molecular flexibility index (Phi) is 5.38. The summed E-state index contributed by atoms with van der Waals surface area (Å²) >= 11 is 0. The summed E-state index contributed by atoms with van der Waals surface area (Å²) in [7, 11) is 1.93. The number of aryl methyl sites for hydroxylation is 1. The highest BCUT2D eigenvalue weighted by Gasteiger charge is 2.12. The Hall–Kier alpha value is -3.06. The number of anilines is 3. The molecule has 0 atom stereocenters. The molecule has 0 saturated carbocycles. The van der Waals surface area contributed by atoms with Gasteiger partial charge in [0.2, 0.25) is 0 Å². The van der Waals surface area contributed by atoms with Crippen LogP contribution in [0.1, 0.15) is 19.0 Å². The molecule has 3 N–H and O–H groups in total. The van der Waals surface area contributed by atoms with E-state index >= 15 is 0 Å². The zero-order chi connectivity index (χ0) is 18.5. The highest BCUT2D eigenvalue weighted by molar-refractivity contribution is 6.09. The summed E-state index contributed by atoms with van der Waals surface area (Å²) in [6.45, 7) is 4.59. The van der Waals surface area contributed by atoms with Gasteiger partial charge in [0.1, 0.15) is 11.6 Å². The van der Waals surface area contributed by atoms with Gasteiger partial charge in [-0.2, -0.15) is 0 Å². The molecule has 1 aliphatic rings. The highest BCUT2D eigenvalue weighted by atomic mass is 15.3. The molecule has 134 valence electrons. The monoisotopic (exact) mass is 349 g/mol. The summed E-state index contributed by atoms with van der Waals surface area (Å²) < 4.78 is 0. The normalized spacial score (nSPS) is 15.1. The van der Waals surface area contributed by atoms with E-state index in [1.54, 1.807) is 0 Å². The van der Waals surface area contributed by atoms with E-state index in [1.165, 1.54) is 0 Å². The Morgan fingerprint density at radius 1 is 1.15 bits per heavy atom. The number of hydrogen-bond donors (Lipinski definition) is 2. The standard InChI is InChI=1S/C19H23N7/c1-4-14-8-9-15(12-21-14)23-19-16(25-20)10-11-18(24-19)26(3)17-7-5-6-13(2)22-17/h5-11,25H,4,12,20H2,1-3H3. The fourth-order valence-corrected chi connectivity index (χ4v) is 2.57. The van der Waals surface area contributed by atoms with Gasteiger partial charge in [0.15, 0.2) is 5.82 Å². The fourth-order valence-electron chi connectivity index (χ4n) is 2.57. The molecule has 2 aromatic heterocycles. The summed E-state index contributed by atoms with van der Waals surface area (Å²) in [5, 5.41) is 0. The second-order valence-electron chi connectivity index (χ2n) is 5.98. The molecule has 0 aromatic carbocycles. The molecular weight excluding hydrogens is 326 g/mol. The van der Waals surface area contributed by atoms with Crippen molar-refractivity contribution < 1.29 is 0 Å². The molecule has 0 unspecified atom stereocenters. The van der Waals surface area contributed by atoms with Crippen molar-refractivity contribution in [2.75, 3.05) is 23.9 Å². The summed E-state index contributed by atoms with van der Waals surface area (Å²) in [6, 6.07) is 9.62. The minimum atomic E-state index is 0.527. The van der Waals surface area contributed by atoms with Gasteiger partial charge in [0.05, 0.1) is 17.9 Å². The van der Waals surface area contributed by atoms with Crippen LogP contribution in [0.25, 0.3) is 0 Å². The van der Waals surface area contributed by atoms with Gasteiger partial charge >= 0.3 is 0 Å². The van der Waals surface area contributed by atoms with Crippen LogP contribution in [0.15, 0.2) is 52.5 Å². The fraction of sp³-hybridized carbons (Fsp3) is 0.263. The maximum absolute atomic E-state index is 5.63. The number of pyridine rings is 2. The first-order valence-electron chi connectivity index (χ1n) is 8.54. The first kappa shape index (κ1) is 17.8. The number of aromatic nitrogens is 2. The van der Waals surface area contributed by atoms with E-state index in [-0.39, 0.29) is 0 Å². The second-order valence-corrected chi connectivity index (χ2v) is 5.98. The predicted molar refractivity (Wildman–Crippen MR) is 108 cm³/mol. The van der Waals surface area contributed by atoms with Crippen molar-refractivity contribution in [1.29, 1.82) is 0 Å². The lowest BCUT2D eigenvalue weighted by molar-refractivity contribution is 1.05. The molecule has 3 rings (SSSR count). The number of hydrogen-bond acceptors (Lipinski definition) is 7. The molecular formula is C19H23N7. The van der Waals surface area contributed by atoms with Crippen LogP contribution in [0.3, 0.4) is 0 Å². The Balaban J connectivity index is 1.92. The second kappa shape index (κ2) is 7.88. The quantitative estimate of drug-likeness (QED) is 0.638. The van der Waals surface area contributed by atoms with Crippen molar-refractivity contribution in [1.82, 2.24) is 9.97 Å². The van der Waals surface area contributed by atoms with Crippen molar-refractivity contribution in [3.63, 3.8) is 0 Å². The van der Waals surface area contributed by atoms with Crippen LogP contribution in [0.5, 0.6) is 0 Å². The van der Waals surface area contributed by atoms with Gasteiger partial charge < -0.3 is 10.3 Å². The van der Waals surface area contributed by atoms with E-state index in [4.69, 9.17) is 5.84 Å². The lowest BCUT2D eigenvalue weighted by atomic mass is 10.2. The maximum atomic E-state index is 5.63. The zero-order valence-electron chi connectivity index (χ0n) is 15.3. The number of hydrazine groups is 1. The van der Waals surface area contributed by atoms with Crippen molar-refractivity contribution >= 4 is 34.6 Å². The summed E-state index contributed by atoms with van der Waals surface area (Å²) in [4.78, 5) is 20.2. The van der Waals surface area contributed by atoms with E-state index in [2.05, 4.69) is 32.3 Å². The average molecular weight is 349 g/mol. The summed E-state index contributed by atoms with van der Waals surface area (Å²) in [5.41, 5.74) is 6.19. The van der Waals surface area contributed by atoms with E-state index < -0.39 is 0 Å². The number of nitrogens with one attached hydrogen (secondary N) is 1. The molecule has 0 radical (unpaired) electrons. The van der Waals surface area contributed by atoms with Crippen molar-refractivity contribution in [2.45, 2.75) is 20.3 Å². The number of dihydropyridines is 1. The lowest BCUT2D eigenvalue weighted by Crippen LogP contribution is -2.15. The van der Waals surface area contributed by atoms with Crippen molar-refractivity contribution in [2.24, 2.45) is 15.8 Å². The molecule has 0 saturated heterocycles. The molecule has 0 aliphatic carbocycles. The predicted octanol–water partition coefficient (Wildman–Crippen LogP) is 3.33. The largest absolute Gasteiger partial charge is 0.321 e. The summed E-state index contributed by atoms with van der Waals surface area (Å²) in [5.74, 6) is 7.71. The number of rotatable bonds is 5. The Labute approximate surface area is 153 Å². The molecule has 1 aliphatic heterocycles. The third-order valence-corrected chi connectivity index (χ3v) is 4.10. The third-order valence-electron chi connectivity index (χ3n) is 4.10. The minimum Gasteiger partial charge on any atom is -0.321 e. The Morgan fingerprint density at radius 2 is 1.96 bits per heavy atom. The molecule has 2 aromatic rings. The van der Waals surface area contributed by atoms with Gasteiger partial charge in [0.25, 0.3) is 0 Å². The van der Waals surface area contributed by atoms with Crippen LogP contribution in [0, 0.1) is 6.92 Å². The van der Waals surface area contributed by atoms with Gasteiger partial charge in [-0.1, -0.05) is 13.0 Å². The smallest absolute Gasteiger partial charge is 0.179 e. The van der Waals surface area contributed by atoms with Crippen molar-refractivity contribution in [3.05, 3.63) is 48.2 Å². The van der Waals surface area contributed by atoms with Gasteiger partial charge in [-0.05, 0) is 49.8 Å². The highest BCUT2D eigenvalue weighted by Crippen LogP contribution is 2.28. The number of nitrogens with zero attached hydrogens (tertiary/aromatic N) is 5. The van der Waals surface area contributed by atoms with Crippen molar-refractivity contribution in [3.8, 4) is 0 Å². The van der Waals surface area contributed by atoms with Gasteiger partial charge in [-0.15, -0.1) is 0 Å². The SMILES string of the molecule is CCC1=NCC(=Nc2nc(N(C)c3cccc(C)n3)ccc2NN)C=C1. The molecule has 26 heavy (non-hydrogen) atoms. The topological polar surface area (TPSA) is 91.8 Å². The van der Waals surface area contributed by atoms with Gasteiger partial charge in [-0.3, -0.25) is 10.8 Å². The lowest BCUT2D eigenvalue weighted by Gasteiger charge is -2.19. The van der Waals surface area contributed by atoms with Crippen LogP contribution in [-0.4, -0.2) is 35.0 Å². The van der Waals surface area contributed by atoms with E-state index in [9.17, 15) is 0 Å².